The summed E-state index contributed by atoms with van der Waals surface area (Å²) in [7, 11) is 0. The van der Waals surface area contributed by atoms with Crippen LogP contribution in [0, 0.1) is 11.6 Å². The van der Waals surface area contributed by atoms with Crippen molar-refractivity contribution in [3.05, 3.63) is 89.6 Å². The van der Waals surface area contributed by atoms with Crippen molar-refractivity contribution in [2.24, 2.45) is 0 Å². The van der Waals surface area contributed by atoms with Crippen LogP contribution in [0.1, 0.15) is 15.9 Å². The van der Waals surface area contributed by atoms with Crippen LogP contribution in [0.25, 0.3) is 11.0 Å². The predicted molar refractivity (Wildman–Crippen MR) is 131 cm³/mol. The molecule has 5 rings (SSSR count). The molecule has 0 radical (unpaired) electrons. The standard InChI is InChI=1S/C26H21F2N5O3/c27-17-5-7-18(8-6-17)30-26(35)32-21-3-1-2-19(24(21)28)25(34)16-4-9-20-22(14-16)31-23(15-29-20)33-10-12-36-13-11-33/h1-9,14-15H,10-13H2,(H2,30,32,35). The van der Waals surface area contributed by atoms with Gasteiger partial charge in [0.2, 0.25) is 0 Å². The van der Waals surface area contributed by atoms with Crippen LogP contribution in [-0.4, -0.2) is 48.1 Å². The highest BCUT2D eigenvalue weighted by atomic mass is 19.1. The number of anilines is 3. The zero-order valence-corrected chi connectivity index (χ0v) is 19.0. The Bertz CT molecular complexity index is 1440. The number of rotatable bonds is 5. The van der Waals surface area contributed by atoms with Gasteiger partial charge in [-0.15, -0.1) is 0 Å². The molecule has 182 valence electrons. The molecule has 2 heterocycles. The summed E-state index contributed by atoms with van der Waals surface area (Å²) in [6.07, 6.45) is 1.68. The number of morpholine rings is 1. The summed E-state index contributed by atoms with van der Waals surface area (Å²) in [6.45, 7) is 2.59. The minimum atomic E-state index is -0.870. The van der Waals surface area contributed by atoms with Crippen LogP contribution in [0.3, 0.4) is 0 Å². The molecule has 0 atom stereocenters. The number of carbonyl (C=O) groups excluding carboxylic acids is 2. The van der Waals surface area contributed by atoms with Crippen LogP contribution >= 0.6 is 0 Å². The van der Waals surface area contributed by atoms with Crippen molar-refractivity contribution < 1.29 is 23.1 Å². The smallest absolute Gasteiger partial charge is 0.323 e. The van der Waals surface area contributed by atoms with E-state index in [-0.39, 0.29) is 16.8 Å². The lowest BCUT2D eigenvalue weighted by molar-refractivity contribution is 0.103. The first-order valence-corrected chi connectivity index (χ1v) is 11.2. The van der Waals surface area contributed by atoms with Crippen LogP contribution < -0.4 is 15.5 Å². The number of hydrogen-bond acceptors (Lipinski definition) is 6. The van der Waals surface area contributed by atoms with E-state index >= 15 is 4.39 Å². The Morgan fingerprint density at radius 3 is 2.47 bits per heavy atom. The lowest BCUT2D eigenvalue weighted by Crippen LogP contribution is -2.36. The highest BCUT2D eigenvalue weighted by Gasteiger charge is 2.19. The highest BCUT2D eigenvalue weighted by molar-refractivity contribution is 6.11. The Labute approximate surface area is 204 Å². The molecule has 1 aliphatic rings. The van der Waals surface area contributed by atoms with Crippen molar-refractivity contribution in [3.63, 3.8) is 0 Å². The third-order valence-electron chi connectivity index (χ3n) is 5.72. The Kier molecular flexibility index (Phi) is 6.50. The van der Waals surface area contributed by atoms with Gasteiger partial charge in [0.25, 0.3) is 0 Å². The average molecular weight is 489 g/mol. The molecule has 3 aromatic carbocycles. The Hall–Kier alpha value is -4.44. The van der Waals surface area contributed by atoms with Crippen LogP contribution in [0.5, 0.6) is 0 Å². The largest absolute Gasteiger partial charge is 0.378 e. The minimum absolute atomic E-state index is 0.171. The van der Waals surface area contributed by atoms with Gasteiger partial charge in [-0.05, 0) is 54.6 Å². The zero-order valence-electron chi connectivity index (χ0n) is 19.0. The lowest BCUT2D eigenvalue weighted by atomic mass is 10.0. The molecule has 0 bridgehead atoms. The molecule has 1 saturated heterocycles. The maximum absolute atomic E-state index is 15.2. The molecule has 8 nitrogen and oxygen atoms in total. The predicted octanol–water partition coefficient (Wildman–Crippen LogP) is 4.62. The van der Waals surface area contributed by atoms with Crippen LogP contribution in [-0.2, 0) is 4.74 Å². The molecule has 1 fully saturated rings. The van der Waals surface area contributed by atoms with Gasteiger partial charge in [-0.1, -0.05) is 6.07 Å². The summed E-state index contributed by atoms with van der Waals surface area (Å²) >= 11 is 0. The SMILES string of the molecule is O=C(Nc1ccc(F)cc1)Nc1cccc(C(=O)c2ccc3ncc(N4CCOCC4)nc3c2)c1F. The third kappa shape index (κ3) is 4.98. The van der Waals surface area contributed by atoms with Crippen LogP contribution in [0.2, 0.25) is 0 Å². The lowest BCUT2D eigenvalue weighted by Gasteiger charge is -2.27. The number of nitrogens with zero attached hydrogens (tertiary/aromatic N) is 3. The van der Waals surface area contributed by atoms with Gasteiger partial charge in [-0.25, -0.2) is 18.6 Å². The fourth-order valence-corrected chi connectivity index (χ4v) is 3.87. The third-order valence-corrected chi connectivity index (χ3v) is 5.72. The second-order valence-corrected chi connectivity index (χ2v) is 8.11. The molecule has 0 saturated carbocycles. The van der Waals surface area contributed by atoms with Gasteiger partial charge in [0, 0.05) is 24.3 Å². The molecule has 0 spiro atoms. The van der Waals surface area contributed by atoms with E-state index in [1.807, 2.05) is 0 Å². The van der Waals surface area contributed by atoms with Crippen molar-refractivity contribution in [2.75, 3.05) is 41.8 Å². The summed E-state index contributed by atoms with van der Waals surface area (Å²) in [5.74, 6) is -1.20. The minimum Gasteiger partial charge on any atom is -0.378 e. The van der Waals surface area contributed by atoms with Crippen molar-refractivity contribution in [1.82, 2.24) is 9.97 Å². The van der Waals surface area contributed by atoms with Crippen LogP contribution in [0.4, 0.5) is 30.8 Å². The van der Waals surface area contributed by atoms with Gasteiger partial charge in [0.05, 0.1) is 41.7 Å². The normalized spacial score (nSPS) is 13.4. The summed E-state index contributed by atoms with van der Waals surface area (Å²) in [6, 6.07) is 13.4. The Morgan fingerprint density at radius 1 is 0.917 bits per heavy atom. The van der Waals surface area contributed by atoms with E-state index in [0.717, 1.165) is 0 Å². The first-order chi connectivity index (χ1) is 17.5. The number of carbonyl (C=O) groups is 2. The second-order valence-electron chi connectivity index (χ2n) is 8.11. The fourth-order valence-electron chi connectivity index (χ4n) is 3.87. The van der Waals surface area contributed by atoms with Gasteiger partial charge in [0.1, 0.15) is 11.6 Å². The molecular formula is C26H21F2N5O3. The van der Waals surface area contributed by atoms with Crippen molar-refractivity contribution in [2.45, 2.75) is 0 Å². The van der Waals surface area contributed by atoms with Gasteiger partial charge in [-0.2, -0.15) is 0 Å². The summed E-state index contributed by atoms with van der Waals surface area (Å²) in [4.78, 5) is 36.6. The average Bonchev–Trinajstić information content (AvgIpc) is 2.90. The molecule has 0 unspecified atom stereocenters. The molecule has 4 aromatic rings. The summed E-state index contributed by atoms with van der Waals surface area (Å²) in [5.41, 5.74) is 1.31. The molecule has 0 aliphatic carbocycles. The molecule has 10 heteroatoms. The number of hydrogen-bond donors (Lipinski definition) is 2. The topological polar surface area (TPSA) is 96.5 Å². The number of aromatic nitrogens is 2. The maximum Gasteiger partial charge on any atom is 0.323 e. The van der Waals surface area contributed by atoms with Gasteiger partial charge < -0.3 is 20.3 Å². The number of benzene rings is 3. The quantitative estimate of drug-likeness (QED) is 0.397. The number of halogens is 2. The number of ketones is 1. The highest BCUT2D eigenvalue weighted by Crippen LogP contribution is 2.24. The number of ether oxygens (including phenoxy) is 1. The Morgan fingerprint density at radius 2 is 1.69 bits per heavy atom. The summed E-state index contributed by atoms with van der Waals surface area (Å²) < 4.78 is 33.6. The van der Waals surface area contributed by atoms with E-state index < -0.39 is 23.4 Å². The first-order valence-electron chi connectivity index (χ1n) is 11.2. The van der Waals surface area contributed by atoms with E-state index in [0.29, 0.717) is 48.8 Å². The van der Waals surface area contributed by atoms with Crippen molar-refractivity contribution in [3.8, 4) is 0 Å². The monoisotopic (exact) mass is 489 g/mol. The molecule has 1 aliphatic heterocycles. The zero-order chi connectivity index (χ0) is 25.1. The van der Waals surface area contributed by atoms with E-state index in [4.69, 9.17) is 4.74 Å². The molecular weight excluding hydrogens is 468 g/mol. The van der Waals surface area contributed by atoms with E-state index in [2.05, 4.69) is 25.5 Å². The van der Waals surface area contributed by atoms with Crippen molar-refractivity contribution in [1.29, 1.82) is 0 Å². The van der Waals surface area contributed by atoms with Gasteiger partial charge >= 0.3 is 6.03 Å². The number of amides is 2. The van der Waals surface area contributed by atoms with E-state index in [1.54, 1.807) is 24.4 Å². The van der Waals surface area contributed by atoms with Crippen molar-refractivity contribution >= 4 is 40.0 Å². The van der Waals surface area contributed by atoms with E-state index in [1.165, 1.54) is 42.5 Å². The molecule has 2 amide bonds. The molecule has 2 N–H and O–H groups in total. The summed E-state index contributed by atoms with van der Waals surface area (Å²) in [5, 5.41) is 4.87. The first kappa shape index (κ1) is 23.3. The second kappa shape index (κ2) is 10.0. The number of urea groups is 1. The van der Waals surface area contributed by atoms with Gasteiger partial charge in [-0.3, -0.25) is 9.78 Å². The molecule has 1 aromatic heterocycles. The Balaban J connectivity index is 1.37. The number of nitrogens with one attached hydrogen (secondary N) is 2. The molecule has 36 heavy (non-hydrogen) atoms. The number of fused-ring (bicyclic) bond motifs is 1. The van der Waals surface area contributed by atoms with Gasteiger partial charge in [0.15, 0.2) is 11.6 Å². The van der Waals surface area contributed by atoms with Crippen LogP contribution in [0.15, 0.2) is 66.9 Å². The fraction of sp³-hybridized carbons (Fsp3) is 0.154. The van der Waals surface area contributed by atoms with E-state index in [9.17, 15) is 14.0 Å². The maximum atomic E-state index is 15.2.